The first-order valence-corrected chi connectivity index (χ1v) is 10.5. The second kappa shape index (κ2) is 10.9. The maximum Gasteiger partial charge on any atom is 0.247 e. The fourth-order valence-electron chi connectivity index (χ4n) is 3.85. The Morgan fingerprint density at radius 1 is 1.20 bits per heavy atom. The van der Waals surface area contributed by atoms with E-state index in [9.17, 15) is 9.18 Å². The average Bonchev–Trinajstić information content (AvgIpc) is 3.26. The van der Waals surface area contributed by atoms with Crippen molar-refractivity contribution in [3.63, 3.8) is 0 Å². The molecule has 30 heavy (non-hydrogen) atoms. The summed E-state index contributed by atoms with van der Waals surface area (Å²) in [5.41, 5.74) is 1.74. The lowest BCUT2D eigenvalue weighted by Crippen LogP contribution is -2.37. The van der Waals surface area contributed by atoms with Crippen molar-refractivity contribution in [2.45, 2.75) is 51.3 Å². The molecular weight excluding hydrogens is 381 g/mol. The first-order valence-electron chi connectivity index (χ1n) is 10.5. The molecule has 1 fully saturated rings. The van der Waals surface area contributed by atoms with Crippen molar-refractivity contribution in [3.05, 3.63) is 71.6 Å². The van der Waals surface area contributed by atoms with Gasteiger partial charge in [-0.3, -0.25) is 4.79 Å². The summed E-state index contributed by atoms with van der Waals surface area (Å²) < 4.78 is 24.3. The summed E-state index contributed by atoms with van der Waals surface area (Å²) in [6.45, 7) is 3.04. The summed E-state index contributed by atoms with van der Waals surface area (Å²) in [6.07, 6.45) is 7.55. The SMILES string of the molecule is COCC(C)Oc1ccc(CN(C(=O)C=Cc2cccc(F)c2)C2CCCC2)cc1. The Hall–Kier alpha value is -2.66. The highest BCUT2D eigenvalue weighted by atomic mass is 19.1. The standard InChI is InChI=1S/C25H30FNO3/c1-19(18-29-2)30-24-13-10-21(11-14-24)17-27(23-8-3-4-9-23)25(28)15-12-20-6-5-7-22(26)16-20/h5-7,10-16,19,23H,3-4,8-9,17-18H2,1-2H3. The minimum atomic E-state index is -0.306. The van der Waals surface area contributed by atoms with Crippen molar-refractivity contribution in [1.82, 2.24) is 4.90 Å². The van der Waals surface area contributed by atoms with E-state index >= 15 is 0 Å². The number of hydrogen-bond donors (Lipinski definition) is 0. The number of methoxy groups -OCH3 is 1. The van der Waals surface area contributed by atoms with E-state index in [0.29, 0.717) is 18.7 Å². The highest BCUT2D eigenvalue weighted by Crippen LogP contribution is 2.26. The van der Waals surface area contributed by atoms with Gasteiger partial charge in [-0.15, -0.1) is 0 Å². The molecule has 2 aromatic carbocycles. The van der Waals surface area contributed by atoms with Crippen molar-refractivity contribution >= 4 is 12.0 Å². The van der Waals surface area contributed by atoms with Crippen LogP contribution in [0.5, 0.6) is 5.75 Å². The Balaban J connectivity index is 1.68. The van der Waals surface area contributed by atoms with Gasteiger partial charge in [0.2, 0.25) is 5.91 Å². The molecule has 0 N–H and O–H groups in total. The van der Waals surface area contributed by atoms with Gasteiger partial charge in [-0.05, 0) is 61.2 Å². The van der Waals surface area contributed by atoms with Crippen molar-refractivity contribution in [3.8, 4) is 5.75 Å². The molecule has 0 aromatic heterocycles. The summed E-state index contributed by atoms with van der Waals surface area (Å²) in [5, 5.41) is 0. The van der Waals surface area contributed by atoms with E-state index in [0.717, 1.165) is 37.0 Å². The van der Waals surface area contributed by atoms with Crippen molar-refractivity contribution in [2.24, 2.45) is 0 Å². The highest BCUT2D eigenvalue weighted by Gasteiger charge is 2.25. The average molecular weight is 412 g/mol. The van der Waals surface area contributed by atoms with E-state index in [1.807, 2.05) is 36.1 Å². The van der Waals surface area contributed by atoms with Gasteiger partial charge in [0, 0.05) is 25.8 Å². The van der Waals surface area contributed by atoms with E-state index in [1.54, 1.807) is 31.4 Å². The lowest BCUT2D eigenvalue weighted by atomic mass is 10.1. The summed E-state index contributed by atoms with van der Waals surface area (Å²) >= 11 is 0. The number of amides is 1. The van der Waals surface area contributed by atoms with Gasteiger partial charge in [-0.2, -0.15) is 0 Å². The van der Waals surface area contributed by atoms with Crippen LogP contribution in [0, 0.1) is 5.82 Å². The molecule has 1 unspecified atom stereocenters. The zero-order valence-corrected chi connectivity index (χ0v) is 17.7. The topological polar surface area (TPSA) is 38.8 Å². The smallest absolute Gasteiger partial charge is 0.247 e. The Bertz CT molecular complexity index is 844. The lowest BCUT2D eigenvalue weighted by Gasteiger charge is -2.28. The summed E-state index contributed by atoms with van der Waals surface area (Å²) in [4.78, 5) is 14.9. The third-order valence-corrected chi connectivity index (χ3v) is 5.33. The molecule has 1 aliphatic carbocycles. The summed E-state index contributed by atoms with van der Waals surface area (Å²) in [5.74, 6) is 0.438. The van der Waals surface area contributed by atoms with Gasteiger partial charge in [0.1, 0.15) is 17.7 Å². The van der Waals surface area contributed by atoms with Gasteiger partial charge in [0.25, 0.3) is 0 Å². The van der Waals surface area contributed by atoms with Gasteiger partial charge >= 0.3 is 0 Å². The number of rotatable bonds is 9. The second-order valence-corrected chi connectivity index (χ2v) is 7.82. The third kappa shape index (κ3) is 6.42. The van der Waals surface area contributed by atoms with Gasteiger partial charge in [0.05, 0.1) is 6.61 Å². The van der Waals surface area contributed by atoms with Crippen LogP contribution in [0.4, 0.5) is 4.39 Å². The number of nitrogens with zero attached hydrogens (tertiary/aromatic N) is 1. The molecule has 0 aliphatic heterocycles. The van der Waals surface area contributed by atoms with E-state index in [4.69, 9.17) is 9.47 Å². The van der Waals surface area contributed by atoms with Crippen LogP contribution in [0.3, 0.4) is 0 Å². The van der Waals surface area contributed by atoms with Crippen molar-refractivity contribution in [1.29, 1.82) is 0 Å². The number of carbonyl (C=O) groups excluding carboxylic acids is 1. The minimum absolute atomic E-state index is 0.0228. The third-order valence-electron chi connectivity index (χ3n) is 5.33. The lowest BCUT2D eigenvalue weighted by molar-refractivity contribution is -0.128. The molecule has 0 bridgehead atoms. The molecule has 1 amide bonds. The van der Waals surface area contributed by atoms with E-state index in [2.05, 4.69) is 0 Å². The van der Waals surface area contributed by atoms with E-state index in [1.165, 1.54) is 12.1 Å². The molecule has 2 aromatic rings. The molecule has 0 saturated heterocycles. The molecule has 1 atom stereocenters. The van der Waals surface area contributed by atoms with Crippen molar-refractivity contribution < 1.29 is 18.7 Å². The number of halogens is 1. The molecule has 0 heterocycles. The largest absolute Gasteiger partial charge is 0.488 e. The number of hydrogen-bond acceptors (Lipinski definition) is 3. The Morgan fingerprint density at radius 3 is 2.60 bits per heavy atom. The van der Waals surface area contributed by atoms with Gasteiger partial charge < -0.3 is 14.4 Å². The summed E-state index contributed by atoms with van der Waals surface area (Å²) in [6, 6.07) is 14.4. The number of carbonyl (C=O) groups is 1. The molecule has 1 aliphatic rings. The van der Waals surface area contributed by atoms with E-state index < -0.39 is 0 Å². The molecule has 1 saturated carbocycles. The molecule has 3 rings (SSSR count). The first kappa shape index (κ1) is 22.0. The van der Waals surface area contributed by atoms with Crippen LogP contribution >= 0.6 is 0 Å². The maximum atomic E-state index is 13.4. The Kier molecular flexibility index (Phi) is 8.03. The zero-order chi connectivity index (χ0) is 21.3. The normalized spacial score (nSPS) is 15.4. The zero-order valence-electron chi connectivity index (χ0n) is 17.7. The molecular formula is C25H30FNO3. The summed E-state index contributed by atoms with van der Waals surface area (Å²) in [7, 11) is 1.65. The van der Waals surface area contributed by atoms with Gasteiger partial charge in [-0.25, -0.2) is 4.39 Å². The van der Waals surface area contributed by atoms with Gasteiger partial charge in [0.15, 0.2) is 0 Å². The van der Waals surface area contributed by atoms with Gasteiger partial charge in [-0.1, -0.05) is 37.1 Å². The predicted molar refractivity (Wildman–Crippen MR) is 117 cm³/mol. The molecule has 0 radical (unpaired) electrons. The predicted octanol–water partition coefficient (Wildman–Crippen LogP) is 5.22. The fraction of sp³-hybridized carbons (Fsp3) is 0.400. The van der Waals surface area contributed by atoms with Crippen LogP contribution in [0.25, 0.3) is 6.08 Å². The number of ether oxygens (including phenoxy) is 2. The monoisotopic (exact) mass is 411 g/mol. The van der Waals surface area contributed by atoms with Crippen LogP contribution in [0.2, 0.25) is 0 Å². The van der Waals surface area contributed by atoms with Crippen molar-refractivity contribution in [2.75, 3.05) is 13.7 Å². The quantitative estimate of drug-likeness (QED) is 0.531. The first-order chi connectivity index (χ1) is 14.5. The maximum absolute atomic E-state index is 13.4. The Labute approximate surface area is 178 Å². The van der Waals surface area contributed by atoms with Crippen LogP contribution in [-0.4, -0.2) is 36.7 Å². The highest BCUT2D eigenvalue weighted by molar-refractivity contribution is 5.92. The minimum Gasteiger partial charge on any atom is -0.488 e. The van der Waals surface area contributed by atoms with Crippen LogP contribution < -0.4 is 4.74 Å². The van der Waals surface area contributed by atoms with Crippen LogP contribution in [-0.2, 0) is 16.1 Å². The Morgan fingerprint density at radius 2 is 1.93 bits per heavy atom. The fourth-order valence-corrected chi connectivity index (χ4v) is 3.85. The molecule has 0 spiro atoms. The van der Waals surface area contributed by atoms with Crippen LogP contribution in [0.15, 0.2) is 54.6 Å². The van der Waals surface area contributed by atoms with E-state index in [-0.39, 0.29) is 23.9 Å². The van der Waals surface area contributed by atoms with Crippen LogP contribution in [0.1, 0.15) is 43.7 Å². The molecule has 5 heteroatoms. The molecule has 160 valence electrons. The molecule has 4 nitrogen and oxygen atoms in total. The number of benzene rings is 2. The second-order valence-electron chi connectivity index (χ2n) is 7.82.